The molecule has 1 unspecified atom stereocenters. The van der Waals surface area contributed by atoms with Gasteiger partial charge in [-0.05, 0) is 13.3 Å². The maximum atomic E-state index is 10.5. The number of hydrogen-bond acceptors (Lipinski definition) is 4. The average Bonchev–Trinajstić information content (AvgIpc) is 2.73. The Morgan fingerprint density at radius 2 is 2.44 bits per heavy atom. The summed E-state index contributed by atoms with van der Waals surface area (Å²) in [6, 6.07) is 0.0569. The molecule has 0 aromatic carbocycles. The second-order valence-corrected chi connectivity index (χ2v) is 4.68. The third kappa shape index (κ3) is 3.43. The predicted molar refractivity (Wildman–Crippen MR) is 64.7 cm³/mol. The molecule has 88 valence electrons. The first-order valence-corrected chi connectivity index (χ1v) is 5.95. The molecule has 16 heavy (non-hydrogen) atoms. The standard InChI is InChI=1S/C11H16N2O2S/c1-4-9-6-13-10(16-9)8(3)12-5-7(2)11(14)15/h6,8,12H,2,4-5H2,1,3H3,(H,14,15). The number of carboxylic acids is 1. The molecular weight excluding hydrogens is 224 g/mol. The van der Waals surface area contributed by atoms with Crippen molar-refractivity contribution in [3.8, 4) is 0 Å². The summed E-state index contributed by atoms with van der Waals surface area (Å²) in [6.07, 6.45) is 2.84. The van der Waals surface area contributed by atoms with E-state index in [0.717, 1.165) is 11.4 Å². The minimum Gasteiger partial charge on any atom is -0.478 e. The number of carbonyl (C=O) groups is 1. The minimum atomic E-state index is -0.965. The summed E-state index contributed by atoms with van der Waals surface area (Å²) in [7, 11) is 0. The van der Waals surface area contributed by atoms with Gasteiger partial charge in [-0.3, -0.25) is 0 Å². The number of hydrogen-bond donors (Lipinski definition) is 2. The van der Waals surface area contributed by atoms with E-state index >= 15 is 0 Å². The van der Waals surface area contributed by atoms with Crippen molar-refractivity contribution < 1.29 is 9.90 Å². The second-order valence-electron chi connectivity index (χ2n) is 3.53. The highest BCUT2D eigenvalue weighted by Gasteiger charge is 2.11. The molecule has 1 aromatic heterocycles. The van der Waals surface area contributed by atoms with Crippen LogP contribution in [0.3, 0.4) is 0 Å². The van der Waals surface area contributed by atoms with Gasteiger partial charge in [0, 0.05) is 23.2 Å². The number of thiazole rings is 1. The summed E-state index contributed by atoms with van der Waals surface area (Å²) in [5.41, 5.74) is 0.166. The summed E-state index contributed by atoms with van der Waals surface area (Å²) in [5, 5.41) is 12.7. The number of nitrogens with one attached hydrogen (secondary N) is 1. The largest absolute Gasteiger partial charge is 0.478 e. The molecule has 0 saturated carbocycles. The average molecular weight is 240 g/mol. The van der Waals surface area contributed by atoms with Crippen molar-refractivity contribution in [3.05, 3.63) is 28.2 Å². The van der Waals surface area contributed by atoms with E-state index in [4.69, 9.17) is 5.11 Å². The molecule has 0 aliphatic rings. The van der Waals surface area contributed by atoms with Crippen LogP contribution in [0.1, 0.15) is 29.8 Å². The van der Waals surface area contributed by atoms with Gasteiger partial charge < -0.3 is 10.4 Å². The van der Waals surface area contributed by atoms with Crippen LogP contribution in [0.2, 0.25) is 0 Å². The van der Waals surface area contributed by atoms with Crippen LogP contribution in [0.4, 0.5) is 0 Å². The quantitative estimate of drug-likeness (QED) is 0.746. The zero-order chi connectivity index (χ0) is 12.1. The van der Waals surface area contributed by atoms with Gasteiger partial charge in [-0.1, -0.05) is 13.5 Å². The third-order valence-corrected chi connectivity index (χ3v) is 3.54. The SMILES string of the molecule is C=C(CNC(C)c1ncc(CC)s1)C(=O)O. The van der Waals surface area contributed by atoms with Crippen LogP contribution in [0.15, 0.2) is 18.3 Å². The Bertz CT molecular complexity index is 387. The van der Waals surface area contributed by atoms with Crippen molar-refractivity contribution in [3.63, 3.8) is 0 Å². The van der Waals surface area contributed by atoms with E-state index in [1.807, 2.05) is 13.1 Å². The monoisotopic (exact) mass is 240 g/mol. The lowest BCUT2D eigenvalue weighted by Gasteiger charge is -2.10. The fraction of sp³-hybridized carbons (Fsp3) is 0.455. The van der Waals surface area contributed by atoms with Gasteiger partial charge in [-0.15, -0.1) is 11.3 Å². The van der Waals surface area contributed by atoms with Crippen LogP contribution < -0.4 is 5.32 Å². The van der Waals surface area contributed by atoms with Gasteiger partial charge >= 0.3 is 5.97 Å². The molecular formula is C11H16N2O2S. The van der Waals surface area contributed by atoms with Crippen LogP contribution in [0.25, 0.3) is 0 Å². The molecule has 1 aromatic rings. The lowest BCUT2D eigenvalue weighted by atomic mass is 10.3. The van der Waals surface area contributed by atoms with Gasteiger partial charge in [0.2, 0.25) is 0 Å². The summed E-state index contributed by atoms with van der Waals surface area (Å²) in [5.74, 6) is -0.965. The van der Waals surface area contributed by atoms with Crippen molar-refractivity contribution in [1.82, 2.24) is 10.3 Å². The molecule has 5 heteroatoms. The Kier molecular flexibility index (Phi) is 4.64. The Morgan fingerprint density at radius 1 is 1.75 bits per heavy atom. The molecule has 0 fully saturated rings. The number of aromatic nitrogens is 1. The molecule has 4 nitrogen and oxygen atoms in total. The zero-order valence-corrected chi connectivity index (χ0v) is 10.3. The molecule has 0 spiro atoms. The van der Waals surface area contributed by atoms with Crippen LogP contribution >= 0.6 is 11.3 Å². The Morgan fingerprint density at radius 3 is 2.94 bits per heavy atom. The van der Waals surface area contributed by atoms with Gasteiger partial charge in [0.1, 0.15) is 5.01 Å². The molecule has 0 bridgehead atoms. The first-order valence-electron chi connectivity index (χ1n) is 5.13. The van der Waals surface area contributed by atoms with E-state index in [1.165, 1.54) is 4.88 Å². The second kappa shape index (κ2) is 5.77. The van der Waals surface area contributed by atoms with E-state index < -0.39 is 5.97 Å². The highest BCUT2D eigenvalue weighted by Crippen LogP contribution is 2.20. The van der Waals surface area contributed by atoms with E-state index in [2.05, 4.69) is 23.8 Å². The van der Waals surface area contributed by atoms with Gasteiger partial charge in [-0.25, -0.2) is 9.78 Å². The first kappa shape index (κ1) is 12.9. The molecule has 0 saturated heterocycles. The number of aliphatic carboxylic acids is 1. The minimum absolute atomic E-state index is 0.0569. The lowest BCUT2D eigenvalue weighted by Crippen LogP contribution is -2.23. The topological polar surface area (TPSA) is 62.2 Å². The van der Waals surface area contributed by atoms with Crippen LogP contribution in [0.5, 0.6) is 0 Å². The number of rotatable bonds is 6. The zero-order valence-electron chi connectivity index (χ0n) is 9.49. The maximum Gasteiger partial charge on any atom is 0.332 e. The van der Waals surface area contributed by atoms with E-state index in [1.54, 1.807) is 11.3 Å². The van der Waals surface area contributed by atoms with Crippen molar-refractivity contribution in [2.24, 2.45) is 0 Å². The van der Waals surface area contributed by atoms with Crippen LogP contribution in [-0.4, -0.2) is 22.6 Å². The van der Waals surface area contributed by atoms with Gasteiger partial charge in [-0.2, -0.15) is 0 Å². The molecule has 1 heterocycles. The van der Waals surface area contributed by atoms with E-state index in [9.17, 15) is 4.79 Å². The van der Waals surface area contributed by atoms with Crippen LogP contribution in [0, 0.1) is 0 Å². The summed E-state index contributed by atoms with van der Waals surface area (Å²) >= 11 is 1.65. The Hall–Kier alpha value is -1.20. The van der Waals surface area contributed by atoms with Crippen molar-refractivity contribution >= 4 is 17.3 Å². The van der Waals surface area contributed by atoms with E-state index in [-0.39, 0.29) is 18.2 Å². The number of carboxylic acid groups (broad SMARTS) is 1. The molecule has 0 amide bonds. The fourth-order valence-corrected chi connectivity index (χ4v) is 2.01. The lowest BCUT2D eigenvalue weighted by molar-refractivity contribution is -0.132. The van der Waals surface area contributed by atoms with Crippen molar-refractivity contribution in [2.45, 2.75) is 26.3 Å². The molecule has 0 aliphatic carbocycles. The van der Waals surface area contributed by atoms with Crippen molar-refractivity contribution in [2.75, 3.05) is 6.54 Å². The summed E-state index contributed by atoms with van der Waals surface area (Å²) in [4.78, 5) is 16.1. The predicted octanol–water partition coefficient (Wildman–Crippen LogP) is 2.00. The summed E-state index contributed by atoms with van der Waals surface area (Å²) in [6.45, 7) is 7.79. The fourth-order valence-electron chi connectivity index (χ4n) is 1.13. The highest BCUT2D eigenvalue weighted by molar-refractivity contribution is 7.11. The normalized spacial score (nSPS) is 12.4. The molecule has 2 N–H and O–H groups in total. The van der Waals surface area contributed by atoms with Gasteiger partial charge in [0.15, 0.2) is 0 Å². The smallest absolute Gasteiger partial charge is 0.332 e. The highest BCUT2D eigenvalue weighted by atomic mass is 32.1. The molecule has 0 radical (unpaired) electrons. The Labute approximate surface area is 99.0 Å². The Balaban J connectivity index is 2.49. The van der Waals surface area contributed by atoms with Gasteiger partial charge in [0.25, 0.3) is 0 Å². The molecule has 1 atom stereocenters. The third-order valence-electron chi connectivity index (χ3n) is 2.21. The van der Waals surface area contributed by atoms with Crippen LogP contribution in [-0.2, 0) is 11.2 Å². The maximum absolute atomic E-state index is 10.5. The molecule has 0 aliphatic heterocycles. The first-order chi connectivity index (χ1) is 7.54. The van der Waals surface area contributed by atoms with Gasteiger partial charge in [0.05, 0.1) is 6.04 Å². The van der Waals surface area contributed by atoms with E-state index in [0.29, 0.717) is 0 Å². The number of aryl methyl sites for hydroxylation is 1. The van der Waals surface area contributed by atoms with Crippen molar-refractivity contribution in [1.29, 1.82) is 0 Å². The number of nitrogens with zero attached hydrogens (tertiary/aromatic N) is 1. The molecule has 1 rings (SSSR count). The summed E-state index contributed by atoms with van der Waals surface area (Å²) < 4.78 is 0.